The van der Waals surface area contributed by atoms with Crippen molar-refractivity contribution >= 4 is 45.6 Å². The van der Waals surface area contributed by atoms with Crippen molar-refractivity contribution < 1.29 is 9.59 Å². The summed E-state index contributed by atoms with van der Waals surface area (Å²) in [5, 5.41) is 5.36. The lowest BCUT2D eigenvalue weighted by molar-refractivity contribution is 0.0971. The van der Waals surface area contributed by atoms with Crippen LogP contribution >= 0.6 is 11.3 Å². The molecular weight excluding hydrogens is 358 g/mol. The third kappa shape index (κ3) is 3.00. The Labute approximate surface area is 160 Å². The summed E-state index contributed by atoms with van der Waals surface area (Å²) in [5.74, 6) is -0.444. The number of nitrogens with one attached hydrogen (secondary N) is 1. The van der Waals surface area contributed by atoms with Gasteiger partial charge in [-0.2, -0.15) is 0 Å². The van der Waals surface area contributed by atoms with Gasteiger partial charge in [0.15, 0.2) is 0 Å². The zero-order valence-corrected chi connectivity index (χ0v) is 15.4. The second-order valence-corrected chi connectivity index (χ2v) is 7.17. The SMILES string of the molecule is Cc1cccc(NC(=O)c2c(N)n(C(=O)c3cccs3)c3ccccc23)c1. The minimum absolute atomic E-state index is 0.139. The fourth-order valence-electron chi connectivity index (χ4n) is 3.14. The van der Waals surface area contributed by atoms with Crippen LogP contribution in [0.3, 0.4) is 0 Å². The van der Waals surface area contributed by atoms with Gasteiger partial charge in [0.25, 0.3) is 11.8 Å². The molecule has 134 valence electrons. The van der Waals surface area contributed by atoms with Gasteiger partial charge in [-0.05, 0) is 42.1 Å². The van der Waals surface area contributed by atoms with Gasteiger partial charge in [-0.3, -0.25) is 14.2 Å². The number of amides is 1. The number of nitrogen functional groups attached to an aromatic ring is 1. The van der Waals surface area contributed by atoms with Crippen molar-refractivity contribution in [2.45, 2.75) is 6.92 Å². The van der Waals surface area contributed by atoms with E-state index >= 15 is 0 Å². The number of thiophene rings is 1. The first-order valence-corrected chi connectivity index (χ1v) is 9.29. The summed E-state index contributed by atoms with van der Waals surface area (Å²) in [6, 6.07) is 18.3. The minimum atomic E-state index is -0.341. The third-order valence-corrected chi connectivity index (χ3v) is 5.21. The number of nitrogens with zero attached hydrogens (tertiary/aromatic N) is 1. The first-order valence-electron chi connectivity index (χ1n) is 8.41. The van der Waals surface area contributed by atoms with Crippen LogP contribution in [0.2, 0.25) is 0 Å². The quantitative estimate of drug-likeness (QED) is 0.552. The van der Waals surface area contributed by atoms with Crippen LogP contribution in [-0.4, -0.2) is 16.4 Å². The normalized spacial score (nSPS) is 10.9. The van der Waals surface area contributed by atoms with E-state index in [1.54, 1.807) is 18.2 Å². The highest BCUT2D eigenvalue weighted by Gasteiger charge is 2.25. The van der Waals surface area contributed by atoms with E-state index in [0.717, 1.165) is 5.56 Å². The molecule has 0 aliphatic carbocycles. The van der Waals surface area contributed by atoms with Crippen molar-refractivity contribution in [1.82, 2.24) is 4.57 Å². The number of nitrogens with two attached hydrogens (primary N) is 1. The Balaban J connectivity index is 1.83. The maximum absolute atomic E-state index is 13.0. The van der Waals surface area contributed by atoms with Crippen LogP contribution in [0, 0.1) is 6.92 Å². The van der Waals surface area contributed by atoms with Crippen molar-refractivity contribution in [2.75, 3.05) is 11.1 Å². The summed E-state index contributed by atoms with van der Waals surface area (Å²) in [6.45, 7) is 1.95. The number of hydrogen-bond donors (Lipinski definition) is 2. The Morgan fingerprint density at radius 2 is 1.85 bits per heavy atom. The van der Waals surface area contributed by atoms with Crippen LogP contribution < -0.4 is 11.1 Å². The Kier molecular flexibility index (Phi) is 4.25. The average molecular weight is 375 g/mol. The number of carbonyl (C=O) groups excluding carboxylic acids is 2. The Hall–Kier alpha value is -3.38. The van der Waals surface area contributed by atoms with E-state index in [4.69, 9.17) is 5.73 Å². The third-order valence-electron chi connectivity index (χ3n) is 4.35. The lowest BCUT2D eigenvalue weighted by atomic mass is 10.1. The van der Waals surface area contributed by atoms with E-state index in [0.29, 0.717) is 27.0 Å². The second kappa shape index (κ2) is 6.74. The molecule has 0 atom stereocenters. The highest BCUT2D eigenvalue weighted by atomic mass is 32.1. The summed E-state index contributed by atoms with van der Waals surface area (Å²) in [6.07, 6.45) is 0. The summed E-state index contributed by atoms with van der Waals surface area (Å²) in [7, 11) is 0. The fraction of sp³-hybridized carbons (Fsp3) is 0.0476. The molecule has 1 amide bonds. The summed E-state index contributed by atoms with van der Waals surface area (Å²) in [4.78, 5) is 26.5. The molecule has 4 aromatic rings. The molecule has 4 rings (SSSR count). The summed E-state index contributed by atoms with van der Waals surface area (Å²) in [5.41, 5.74) is 8.93. The predicted molar refractivity (Wildman–Crippen MR) is 110 cm³/mol. The lowest BCUT2D eigenvalue weighted by Gasteiger charge is -2.07. The van der Waals surface area contributed by atoms with Crippen molar-refractivity contribution in [3.8, 4) is 0 Å². The highest BCUT2D eigenvalue weighted by Crippen LogP contribution is 2.30. The van der Waals surface area contributed by atoms with Crippen molar-refractivity contribution in [1.29, 1.82) is 0 Å². The van der Waals surface area contributed by atoms with Crippen LogP contribution in [-0.2, 0) is 0 Å². The molecule has 3 N–H and O–H groups in total. The molecule has 0 aliphatic rings. The average Bonchev–Trinajstić information content (AvgIpc) is 3.27. The molecule has 0 radical (unpaired) electrons. The molecule has 27 heavy (non-hydrogen) atoms. The summed E-state index contributed by atoms with van der Waals surface area (Å²) < 4.78 is 1.41. The van der Waals surface area contributed by atoms with Crippen LogP contribution in [0.5, 0.6) is 0 Å². The van der Waals surface area contributed by atoms with Gasteiger partial charge in [0, 0.05) is 11.1 Å². The predicted octanol–water partition coefficient (Wildman–Crippen LogP) is 4.53. The number of carbonyl (C=O) groups is 2. The van der Waals surface area contributed by atoms with E-state index < -0.39 is 0 Å². The molecule has 5 nitrogen and oxygen atoms in total. The maximum atomic E-state index is 13.0. The highest BCUT2D eigenvalue weighted by molar-refractivity contribution is 7.12. The van der Waals surface area contributed by atoms with Crippen LogP contribution in [0.15, 0.2) is 66.0 Å². The number of aryl methyl sites for hydroxylation is 1. The first kappa shape index (κ1) is 17.1. The van der Waals surface area contributed by atoms with E-state index in [1.165, 1.54) is 15.9 Å². The molecule has 0 spiro atoms. The van der Waals surface area contributed by atoms with Crippen LogP contribution in [0.1, 0.15) is 25.6 Å². The van der Waals surface area contributed by atoms with Crippen molar-refractivity contribution in [3.05, 3.63) is 82.0 Å². The topological polar surface area (TPSA) is 77.1 Å². The van der Waals surface area contributed by atoms with Crippen molar-refractivity contribution in [2.24, 2.45) is 0 Å². The molecule has 0 bridgehead atoms. The zero-order chi connectivity index (χ0) is 19.0. The lowest BCUT2D eigenvalue weighted by Crippen LogP contribution is -2.17. The molecule has 2 aromatic heterocycles. The largest absolute Gasteiger partial charge is 0.384 e. The maximum Gasteiger partial charge on any atom is 0.274 e. The Bertz CT molecular complexity index is 1160. The van der Waals surface area contributed by atoms with Gasteiger partial charge in [-0.1, -0.05) is 36.4 Å². The summed E-state index contributed by atoms with van der Waals surface area (Å²) >= 11 is 1.34. The molecule has 6 heteroatoms. The number of para-hydroxylation sites is 1. The zero-order valence-electron chi connectivity index (χ0n) is 14.6. The number of hydrogen-bond acceptors (Lipinski definition) is 4. The molecule has 0 unspecified atom stereocenters. The van der Waals surface area contributed by atoms with Crippen LogP contribution in [0.4, 0.5) is 11.5 Å². The number of benzene rings is 2. The van der Waals surface area contributed by atoms with E-state index in [9.17, 15) is 9.59 Å². The standard InChI is InChI=1S/C21H17N3O2S/c1-13-6-4-7-14(12-13)23-20(25)18-15-8-2-3-9-16(15)24(19(18)22)21(26)17-10-5-11-27-17/h2-12H,22H2,1H3,(H,23,25). The van der Waals surface area contributed by atoms with Gasteiger partial charge in [0.1, 0.15) is 5.82 Å². The van der Waals surface area contributed by atoms with Gasteiger partial charge in [-0.25, -0.2) is 0 Å². The Morgan fingerprint density at radius 1 is 1.04 bits per heavy atom. The number of fused-ring (bicyclic) bond motifs is 1. The van der Waals surface area contributed by atoms with Gasteiger partial charge in [0.05, 0.1) is 16.0 Å². The molecule has 0 saturated carbocycles. The molecule has 2 aromatic carbocycles. The molecule has 2 heterocycles. The van der Waals surface area contributed by atoms with E-state index in [1.807, 2.05) is 54.8 Å². The minimum Gasteiger partial charge on any atom is -0.384 e. The van der Waals surface area contributed by atoms with Gasteiger partial charge >= 0.3 is 0 Å². The molecule has 0 aliphatic heterocycles. The van der Waals surface area contributed by atoms with Crippen LogP contribution in [0.25, 0.3) is 10.9 Å². The van der Waals surface area contributed by atoms with Crippen molar-refractivity contribution in [3.63, 3.8) is 0 Å². The number of aromatic nitrogens is 1. The molecular formula is C21H17N3O2S. The number of anilines is 2. The van der Waals surface area contributed by atoms with E-state index in [-0.39, 0.29) is 17.6 Å². The van der Waals surface area contributed by atoms with Gasteiger partial charge in [0.2, 0.25) is 0 Å². The monoisotopic (exact) mass is 375 g/mol. The Morgan fingerprint density at radius 3 is 2.59 bits per heavy atom. The van der Waals surface area contributed by atoms with Gasteiger partial charge < -0.3 is 11.1 Å². The molecule has 0 fully saturated rings. The second-order valence-electron chi connectivity index (χ2n) is 6.22. The molecule has 0 saturated heterocycles. The fourth-order valence-corrected chi connectivity index (χ4v) is 3.80. The number of rotatable bonds is 3. The van der Waals surface area contributed by atoms with Gasteiger partial charge in [-0.15, -0.1) is 11.3 Å². The smallest absolute Gasteiger partial charge is 0.274 e. The van der Waals surface area contributed by atoms with E-state index in [2.05, 4.69) is 5.32 Å². The first-order chi connectivity index (χ1) is 13.1.